The van der Waals surface area contributed by atoms with Crippen molar-refractivity contribution in [3.05, 3.63) is 22.3 Å². The van der Waals surface area contributed by atoms with Crippen LogP contribution in [0.2, 0.25) is 0 Å². The van der Waals surface area contributed by atoms with Gasteiger partial charge in [0.2, 0.25) is 0 Å². The maximum atomic E-state index is 9.51. The van der Waals surface area contributed by atoms with E-state index in [1.807, 2.05) is 12.3 Å². The first-order valence-corrected chi connectivity index (χ1v) is 7.81. The van der Waals surface area contributed by atoms with E-state index in [-0.39, 0.29) is 6.61 Å². The molecule has 4 nitrogen and oxygen atoms in total. The molecule has 3 rings (SSSR count). The summed E-state index contributed by atoms with van der Waals surface area (Å²) in [7, 11) is 0. The Morgan fingerprint density at radius 2 is 2.21 bits per heavy atom. The Labute approximate surface area is 122 Å². The summed E-state index contributed by atoms with van der Waals surface area (Å²) in [6, 6.07) is 2.63. The first-order valence-electron chi connectivity index (χ1n) is 7.02. The lowest BCUT2D eigenvalue weighted by atomic mass is 9.99. The molecule has 1 aromatic heterocycles. The highest BCUT2D eigenvalue weighted by atomic mass is 79.9. The number of hydrogen-bond donors (Lipinski definition) is 1. The van der Waals surface area contributed by atoms with Gasteiger partial charge in [-0.15, -0.1) is 0 Å². The molecule has 0 amide bonds. The number of aliphatic hydroxyl groups excluding tert-OH is 1. The number of aliphatic hydroxyl groups is 1. The normalized spacial score (nSPS) is 24.3. The Morgan fingerprint density at radius 1 is 1.32 bits per heavy atom. The molecule has 2 aliphatic heterocycles. The van der Waals surface area contributed by atoms with Crippen molar-refractivity contribution in [3.8, 4) is 0 Å². The van der Waals surface area contributed by atoms with Gasteiger partial charge in [0.25, 0.3) is 0 Å². The summed E-state index contributed by atoms with van der Waals surface area (Å²) >= 11 is 3.42. The average Bonchev–Trinajstić information content (AvgIpc) is 2.46. The molecule has 0 aliphatic carbocycles. The molecule has 1 N–H and O–H groups in total. The molecule has 5 heteroatoms. The lowest BCUT2D eigenvalue weighted by Crippen LogP contribution is -2.55. The summed E-state index contributed by atoms with van der Waals surface area (Å²) in [5, 5.41) is 9.51. The number of halogens is 1. The molecular formula is C14H20BrN3O. The van der Waals surface area contributed by atoms with Crippen LogP contribution in [-0.2, 0) is 6.61 Å². The van der Waals surface area contributed by atoms with Crippen molar-refractivity contribution >= 4 is 21.7 Å². The molecule has 0 spiro atoms. The molecule has 2 saturated heterocycles. The molecule has 3 heterocycles. The summed E-state index contributed by atoms with van der Waals surface area (Å²) < 4.78 is 0.927. The van der Waals surface area contributed by atoms with Crippen molar-refractivity contribution in [3.63, 3.8) is 0 Å². The molecule has 1 aromatic rings. The van der Waals surface area contributed by atoms with Crippen LogP contribution in [0.1, 0.15) is 24.8 Å². The Hall–Kier alpha value is -0.650. The zero-order chi connectivity index (χ0) is 13.2. The van der Waals surface area contributed by atoms with E-state index in [4.69, 9.17) is 0 Å². The third-order valence-corrected chi connectivity index (χ3v) is 4.65. The van der Waals surface area contributed by atoms with Crippen LogP contribution in [0.25, 0.3) is 0 Å². The second kappa shape index (κ2) is 5.77. The third kappa shape index (κ3) is 2.78. The van der Waals surface area contributed by atoms with Gasteiger partial charge in [-0.2, -0.15) is 0 Å². The summed E-state index contributed by atoms with van der Waals surface area (Å²) in [4.78, 5) is 9.46. The number of piperidine rings is 1. The summed E-state index contributed by atoms with van der Waals surface area (Å²) in [5.74, 6) is 0.955. The lowest BCUT2D eigenvalue weighted by Gasteiger charge is -2.44. The highest BCUT2D eigenvalue weighted by Gasteiger charge is 2.30. The molecule has 2 aliphatic rings. The van der Waals surface area contributed by atoms with Gasteiger partial charge in [0.15, 0.2) is 0 Å². The van der Waals surface area contributed by atoms with Crippen LogP contribution in [0.5, 0.6) is 0 Å². The number of aromatic nitrogens is 1. The topological polar surface area (TPSA) is 39.6 Å². The summed E-state index contributed by atoms with van der Waals surface area (Å²) in [6.45, 7) is 4.47. The van der Waals surface area contributed by atoms with Crippen LogP contribution in [0.4, 0.5) is 5.82 Å². The molecule has 0 radical (unpaired) electrons. The molecular weight excluding hydrogens is 306 g/mol. The zero-order valence-electron chi connectivity index (χ0n) is 11.1. The van der Waals surface area contributed by atoms with Crippen molar-refractivity contribution in [2.24, 2.45) is 0 Å². The second-order valence-electron chi connectivity index (χ2n) is 5.43. The Bertz CT molecular complexity index is 454. The van der Waals surface area contributed by atoms with E-state index < -0.39 is 0 Å². The first kappa shape index (κ1) is 13.3. The average molecular weight is 326 g/mol. The van der Waals surface area contributed by atoms with E-state index in [9.17, 15) is 5.11 Å². The van der Waals surface area contributed by atoms with Crippen molar-refractivity contribution < 1.29 is 5.11 Å². The highest BCUT2D eigenvalue weighted by molar-refractivity contribution is 9.10. The van der Waals surface area contributed by atoms with Gasteiger partial charge in [-0.05, 0) is 41.4 Å². The van der Waals surface area contributed by atoms with Gasteiger partial charge in [-0.1, -0.05) is 6.42 Å². The predicted octanol–water partition coefficient (Wildman–Crippen LogP) is 2.01. The largest absolute Gasteiger partial charge is 0.392 e. The number of hydrogen-bond acceptors (Lipinski definition) is 4. The highest BCUT2D eigenvalue weighted by Crippen LogP contribution is 2.27. The lowest BCUT2D eigenvalue weighted by molar-refractivity contribution is 0.133. The van der Waals surface area contributed by atoms with Crippen LogP contribution in [0.3, 0.4) is 0 Å². The fraction of sp³-hybridized carbons (Fsp3) is 0.643. The van der Waals surface area contributed by atoms with E-state index in [1.54, 1.807) is 0 Å². The van der Waals surface area contributed by atoms with Crippen molar-refractivity contribution in [2.75, 3.05) is 31.1 Å². The number of piperazine rings is 1. The maximum absolute atomic E-state index is 9.51. The van der Waals surface area contributed by atoms with Gasteiger partial charge in [0.1, 0.15) is 5.82 Å². The Morgan fingerprint density at radius 3 is 3.05 bits per heavy atom. The van der Waals surface area contributed by atoms with E-state index >= 15 is 0 Å². The molecule has 0 bridgehead atoms. The van der Waals surface area contributed by atoms with Gasteiger partial charge < -0.3 is 10.0 Å². The predicted molar refractivity (Wildman–Crippen MR) is 79.3 cm³/mol. The first-order chi connectivity index (χ1) is 9.28. The van der Waals surface area contributed by atoms with Crippen LogP contribution < -0.4 is 4.90 Å². The summed E-state index contributed by atoms with van der Waals surface area (Å²) in [6.07, 6.45) is 5.80. The number of fused-ring (bicyclic) bond motifs is 1. The Kier molecular flexibility index (Phi) is 4.05. The molecule has 2 fully saturated rings. The smallest absolute Gasteiger partial charge is 0.134 e. The molecule has 0 aromatic carbocycles. The minimum atomic E-state index is 0.0483. The number of pyridine rings is 1. The maximum Gasteiger partial charge on any atom is 0.134 e. The SMILES string of the molecule is OCc1cc(Br)cnc1N1CCN2CCCCC2C1. The Balaban J connectivity index is 1.79. The minimum absolute atomic E-state index is 0.0483. The van der Waals surface area contributed by atoms with E-state index in [0.29, 0.717) is 6.04 Å². The number of rotatable bonds is 2. The van der Waals surface area contributed by atoms with Gasteiger partial charge in [-0.25, -0.2) is 4.98 Å². The molecule has 1 unspecified atom stereocenters. The van der Waals surface area contributed by atoms with E-state index in [1.165, 1.54) is 25.8 Å². The molecule has 19 heavy (non-hydrogen) atoms. The van der Waals surface area contributed by atoms with E-state index in [0.717, 1.165) is 35.5 Å². The van der Waals surface area contributed by atoms with Crippen molar-refractivity contribution in [1.82, 2.24) is 9.88 Å². The van der Waals surface area contributed by atoms with Crippen LogP contribution in [0.15, 0.2) is 16.7 Å². The van der Waals surface area contributed by atoms with Gasteiger partial charge >= 0.3 is 0 Å². The van der Waals surface area contributed by atoms with Crippen LogP contribution in [0, 0.1) is 0 Å². The van der Waals surface area contributed by atoms with Gasteiger partial charge in [0, 0.05) is 41.9 Å². The zero-order valence-corrected chi connectivity index (χ0v) is 12.6. The monoisotopic (exact) mass is 325 g/mol. The molecule has 1 atom stereocenters. The number of anilines is 1. The summed E-state index contributed by atoms with van der Waals surface area (Å²) in [5.41, 5.74) is 0.915. The van der Waals surface area contributed by atoms with Crippen LogP contribution >= 0.6 is 15.9 Å². The van der Waals surface area contributed by atoms with Gasteiger partial charge in [-0.3, -0.25) is 4.90 Å². The third-order valence-electron chi connectivity index (χ3n) is 4.22. The number of nitrogens with zero attached hydrogens (tertiary/aromatic N) is 3. The molecule has 104 valence electrons. The van der Waals surface area contributed by atoms with Crippen LogP contribution in [-0.4, -0.2) is 47.2 Å². The van der Waals surface area contributed by atoms with Crippen molar-refractivity contribution in [1.29, 1.82) is 0 Å². The quantitative estimate of drug-likeness (QED) is 0.903. The molecule has 0 saturated carbocycles. The van der Waals surface area contributed by atoms with E-state index in [2.05, 4.69) is 30.7 Å². The standard InChI is InChI=1S/C14H20BrN3O/c15-12-7-11(10-19)14(16-8-12)18-6-5-17-4-2-1-3-13(17)9-18/h7-8,13,19H,1-6,9-10H2. The van der Waals surface area contributed by atoms with Crippen molar-refractivity contribution in [2.45, 2.75) is 31.9 Å². The minimum Gasteiger partial charge on any atom is -0.392 e. The fourth-order valence-electron chi connectivity index (χ4n) is 3.22. The second-order valence-corrected chi connectivity index (χ2v) is 6.34. The fourth-order valence-corrected chi connectivity index (χ4v) is 3.60. The van der Waals surface area contributed by atoms with Gasteiger partial charge in [0.05, 0.1) is 6.61 Å².